The van der Waals surface area contributed by atoms with E-state index in [1.165, 1.54) is 0 Å². The molecule has 0 aromatic heterocycles. The summed E-state index contributed by atoms with van der Waals surface area (Å²) < 4.78 is 0. The van der Waals surface area contributed by atoms with Crippen LogP contribution in [0, 0.1) is 0 Å². The number of hydrogen-bond donors (Lipinski definition) is 1. The summed E-state index contributed by atoms with van der Waals surface area (Å²) >= 11 is 0. The van der Waals surface area contributed by atoms with E-state index >= 15 is 0 Å². The first kappa shape index (κ1) is 10.6. The van der Waals surface area contributed by atoms with Crippen molar-refractivity contribution in [1.82, 2.24) is 5.32 Å². The summed E-state index contributed by atoms with van der Waals surface area (Å²) in [7, 11) is 0. The van der Waals surface area contributed by atoms with E-state index in [2.05, 4.69) is 15.3 Å². The Morgan fingerprint density at radius 1 is 1.36 bits per heavy atom. The van der Waals surface area contributed by atoms with Gasteiger partial charge in [-0.3, -0.25) is 0 Å². The van der Waals surface area contributed by atoms with Gasteiger partial charge in [0.15, 0.2) is 0 Å². The third-order valence-corrected chi connectivity index (χ3v) is 1.76. The second-order valence-corrected chi connectivity index (χ2v) is 2.54. The molecule has 64 valence electrons. The fourth-order valence-corrected chi connectivity index (χ4v) is 1.19. The first-order valence-electron chi connectivity index (χ1n) is 3.68. The number of halogens is 1. The Morgan fingerprint density at radius 2 is 2.18 bits per heavy atom. The van der Waals surface area contributed by atoms with E-state index in [0.717, 1.165) is 32.4 Å². The Bertz CT molecular complexity index is 136. The molecule has 1 atom stereocenters. The van der Waals surface area contributed by atoms with E-state index in [9.17, 15) is 0 Å². The molecule has 0 aromatic rings. The molecule has 4 nitrogen and oxygen atoms in total. The summed E-state index contributed by atoms with van der Waals surface area (Å²) in [4.78, 5) is 2.80. The molecule has 1 fully saturated rings. The molecule has 1 unspecified atom stereocenters. The van der Waals surface area contributed by atoms with Gasteiger partial charge < -0.3 is 5.32 Å². The van der Waals surface area contributed by atoms with Gasteiger partial charge in [-0.1, -0.05) is 5.11 Å². The molecule has 0 aliphatic carbocycles. The predicted molar refractivity (Wildman–Crippen MR) is 46.9 cm³/mol. The van der Waals surface area contributed by atoms with Gasteiger partial charge in [0, 0.05) is 11.0 Å². The van der Waals surface area contributed by atoms with Crippen molar-refractivity contribution >= 4 is 12.4 Å². The van der Waals surface area contributed by atoms with Crippen molar-refractivity contribution in [2.45, 2.75) is 25.3 Å². The summed E-state index contributed by atoms with van der Waals surface area (Å²) in [5.74, 6) is 0. The molecule has 0 saturated carbocycles. The molecular weight excluding hydrogens is 164 g/mol. The molecule has 11 heavy (non-hydrogen) atoms. The fraction of sp³-hybridized carbons (Fsp3) is 1.00. The minimum atomic E-state index is 0. The maximum absolute atomic E-state index is 8.15. The molecule has 0 amide bonds. The molecular formula is C6H13ClN4. The van der Waals surface area contributed by atoms with Crippen LogP contribution in [0.25, 0.3) is 10.4 Å². The lowest BCUT2D eigenvalue weighted by atomic mass is 10.1. The normalized spacial score (nSPS) is 24.2. The average Bonchev–Trinajstić information content (AvgIpc) is 2.17. The molecule has 1 aliphatic rings. The van der Waals surface area contributed by atoms with E-state index in [1.807, 2.05) is 0 Å². The van der Waals surface area contributed by atoms with E-state index in [4.69, 9.17) is 5.53 Å². The van der Waals surface area contributed by atoms with Crippen molar-refractivity contribution in [1.29, 1.82) is 0 Å². The molecule has 1 aliphatic heterocycles. The van der Waals surface area contributed by atoms with Crippen LogP contribution < -0.4 is 5.32 Å². The second-order valence-electron chi connectivity index (χ2n) is 2.54. The van der Waals surface area contributed by atoms with Crippen LogP contribution >= 0.6 is 12.4 Å². The number of nitrogens with one attached hydrogen (secondary N) is 1. The summed E-state index contributed by atoms with van der Waals surface area (Å²) in [6, 6.07) is 0.236. The molecule has 5 heteroatoms. The lowest BCUT2D eigenvalue weighted by Gasteiger charge is -2.02. The lowest BCUT2D eigenvalue weighted by Crippen LogP contribution is -2.14. The first-order chi connectivity index (χ1) is 4.93. The number of hydrogen-bond acceptors (Lipinski definition) is 2. The van der Waals surface area contributed by atoms with Crippen LogP contribution in [-0.2, 0) is 0 Å². The first-order valence-corrected chi connectivity index (χ1v) is 3.68. The van der Waals surface area contributed by atoms with Crippen LogP contribution in [-0.4, -0.2) is 19.1 Å². The molecule has 0 spiro atoms. The van der Waals surface area contributed by atoms with Gasteiger partial charge in [0.25, 0.3) is 0 Å². The molecule has 1 N–H and O–H groups in total. The maximum Gasteiger partial charge on any atom is 0.0386 e. The topological polar surface area (TPSA) is 60.8 Å². The largest absolute Gasteiger partial charge is 0.317 e. The molecule has 0 radical (unpaired) electrons. The van der Waals surface area contributed by atoms with Gasteiger partial charge in [-0.05, 0) is 37.9 Å². The van der Waals surface area contributed by atoms with Crippen molar-refractivity contribution in [3.05, 3.63) is 10.4 Å². The lowest BCUT2D eigenvalue weighted by molar-refractivity contribution is 0.596. The van der Waals surface area contributed by atoms with Crippen molar-refractivity contribution in [3.8, 4) is 0 Å². The van der Waals surface area contributed by atoms with Crippen LogP contribution in [0.4, 0.5) is 0 Å². The standard InChI is InChI=1S/C6H12N4.ClH/c7-10-9-6-2-1-4-8-5-3-6;/h6,8H,1-5H2;1H. The molecule has 1 heterocycles. The van der Waals surface area contributed by atoms with Gasteiger partial charge in [0.1, 0.15) is 0 Å². The molecule has 0 bridgehead atoms. The number of nitrogens with zero attached hydrogens (tertiary/aromatic N) is 3. The van der Waals surface area contributed by atoms with E-state index in [0.29, 0.717) is 0 Å². The molecule has 1 saturated heterocycles. The van der Waals surface area contributed by atoms with Crippen LogP contribution in [0.15, 0.2) is 5.11 Å². The Labute approximate surface area is 72.4 Å². The second kappa shape index (κ2) is 6.28. The highest BCUT2D eigenvalue weighted by molar-refractivity contribution is 5.85. The van der Waals surface area contributed by atoms with E-state index in [-0.39, 0.29) is 18.4 Å². The van der Waals surface area contributed by atoms with Crippen molar-refractivity contribution in [2.75, 3.05) is 13.1 Å². The Hall–Kier alpha value is -0.440. The average molecular weight is 177 g/mol. The Morgan fingerprint density at radius 3 is 2.91 bits per heavy atom. The zero-order valence-electron chi connectivity index (χ0n) is 6.36. The summed E-state index contributed by atoms with van der Waals surface area (Å²) in [6.07, 6.45) is 3.16. The SMILES string of the molecule is Cl.[N-]=[N+]=NC1CCCNCC1. The van der Waals surface area contributed by atoms with Gasteiger partial charge in [-0.15, -0.1) is 12.4 Å². The van der Waals surface area contributed by atoms with Crippen molar-refractivity contribution in [3.63, 3.8) is 0 Å². The maximum atomic E-state index is 8.15. The zero-order chi connectivity index (χ0) is 7.23. The minimum absolute atomic E-state index is 0. The van der Waals surface area contributed by atoms with Crippen LogP contribution in [0.1, 0.15) is 19.3 Å². The third kappa shape index (κ3) is 4.09. The number of rotatable bonds is 1. The summed E-state index contributed by atoms with van der Waals surface area (Å²) in [6.45, 7) is 2.06. The van der Waals surface area contributed by atoms with E-state index in [1.54, 1.807) is 0 Å². The van der Waals surface area contributed by atoms with Crippen LogP contribution in [0.2, 0.25) is 0 Å². The van der Waals surface area contributed by atoms with Gasteiger partial charge in [-0.25, -0.2) is 0 Å². The van der Waals surface area contributed by atoms with E-state index < -0.39 is 0 Å². The summed E-state index contributed by atoms with van der Waals surface area (Å²) in [5.41, 5.74) is 8.15. The van der Waals surface area contributed by atoms with Gasteiger partial charge in [0.05, 0.1) is 0 Å². The minimum Gasteiger partial charge on any atom is -0.317 e. The zero-order valence-corrected chi connectivity index (χ0v) is 7.18. The Kier molecular flexibility index (Phi) is 6.03. The smallest absolute Gasteiger partial charge is 0.0386 e. The third-order valence-electron chi connectivity index (χ3n) is 1.76. The quantitative estimate of drug-likeness (QED) is 0.370. The Balaban J connectivity index is 0.000001000. The predicted octanol–water partition coefficient (Wildman–Crippen LogP) is 1.86. The molecule has 0 aromatic carbocycles. The highest BCUT2D eigenvalue weighted by Gasteiger charge is 2.08. The van der Waals surface area contributed by atoms with Crippen molar-refractivity contribution < 1.29 is 0 Å². The van der Waals surface area contributed by atoms with Crippen molar-refractivity contribution in [2.24, 2.45) is 5.11 Å². The fourth-order valence-electron chi connectivity index (χ4n) is 1.19. The number of azide groups is 1. The summed E-state index contributed by atoms with van der Waals surface area (Å²) in [5, 5.41) is 6.94. The van der Waals surface area contributed by atoms with Gasteiger partial charge in [-0.2, -0.15) is 0 Å². The van der Waals surface area contributed by atoms with Gasteiger partial charge in [0.2, 0.25) is 0 Å². The van der Waals surface area contributed by atoms with Crippen LogP contribution in [0.3, 0.4) is 0 Å². The highest BCUT2D eigenvalue weighted by Crippen LogP contribution is 2.08. The molecule has 1 rings (SSSR count). The van der Waals surface area contributed by atoms with Crippen LogP contribution in [0.5, 0.6) is 0 Å². The highest BCUT2D eigenvalue weighted by atomic mass is 35.5. The van der Waals surface area contributed by atoms with Gasteiger partial charge >= 0.3 is 0 Å². The monoisotopic (exact) mass is 176 g/mol.